The lowest BCUT2D eigenvalue weighted by Gasteiger charge is -2.44. The SMILES string of the molecule is Cn1c(=O)n(C)c2cc(CCC(=O)N3CCC4(CCCCc5ccccc5OC[C@@H]5CCCN5C4=O)CC3)ccc21. The van der Waals surface area contributed by atoms with E-state index in [2.05, 4.69) is 23.1 Å². The predicted molar refractivity (Wildman–Crippen MR) is 159 cm³/mol. The number of fused-ring (bicyclic) bond motifs is 3. The molecule has 8 nitrogen and oxygen atoms in total. The molecular weight excluding hydrogens is 516 g/mol. The molecule has 6 rings (SSSR count). The second kappa shape index (κ2) is 11.4. The summed E-state index contributed by atoms with van der Waals surface area (Å²) >= 11 is 0. The Morgan fingerprint density at radius 3 is 2.54 bits per heavy atom. The Balaban J connectivity index is 1.11. The minimum absolute atomic E-state index is 0.0469. The van der Waals surface area contributed by atoms with E-state index < -0.39 is 0 Å². The molecule has 0 saturated carbocycles. The fourth-order valence-corrected chi connectivity index (χ4v) is 7.27. The summed E-state index contributed by atoms with van der Waals surface area (Å²) in [5.41, 5.74) is 3.66. The summed E-state index contributed by atoms with van der Waals surface area (Å²) in [5, 5.41) is 0. The van der Waals surface area contributed by atoms with Crippen LogP contribution in [0.25, 0.3) is 11.0 Å². The van der Waals surface area contributed by atoms with Crippen LogP contribution in [0.1, 0.15) is 62.5 Å². The van der Waals surface area contributed by atoms with Gasteiger partial charge >= 0.3 is 5.69 Å². The van der Waals surface area contributed by atoms with Crippen LogP contribution in [0.15, 0.2) is 47.3 Å². The van der Waals surface area contributed by atoms with Crippen LogP contribution in [0.3, 0.4) is 0 Å². The normalized spacial score (nSPS) is 21.2. The van der Waals surface area contributed by atoms with Gasteiger partial charge in [-0.05, 0) is 80.7 Å². The maximum atomic E-state index is 14.2. The van der Waals surface area contributed by atoms with Gasteiger partial charge in [0.25, 0.3) is 0 Å². The van der Waals surface area contributed by atoms with E-state index in [0.717, 1.165) is 80.3 Å². The largest absolute Gasteiger partial charge is 0.491 e. The van der Waals surface area contributed by atoms with Crippen LogP contribution in [-0.2, 0) is 36.5 Å². The van der Waals surface area contributed by atoms with Crippen molar-refractivity contribution in [3.8, 4) is 5.75 Å². The lowest BCUT2D eigenvalue weighted by Crippen LogP contribution is -2.53. The molecule has 0 unspecified atom stereocenters. The van der Waals surface area contributed by atoms with Crippen LogP contribution in [-0.4, -0.2) is 63.0 Å². The molecule has 0 bridgehead atoms. The fourth-order valence-electron chi connectivity index (χ4n) is 7.27. The molecule has 2 aromatic carbocycles. The van der Waals surface area contributed by atoms with Gasteiger partial charge in [0.15, 0.2) is 0 Å². The van der Waals surface area contributed by atoms with Gasteiger partial charge in [-0.2, -0.15) is 0 Å². The van der Waals surface area contributed by atoms with E-state index in [1.165, 1.54) is 5.56 Å². The van der Waals surface area contributed by atoms with Gasteiger partial charge < -0.3 is 14.5 Å². The molecule has 0 N–H and O–H groups in total. The van der Waals surface area contributed by atoms with E-state index >= 15 is 0 Å². The topological polar surface area (TPSA) is 76.8 Å². The Hall–Kier alpha value is -3.55. The standard InChI is InChI=1S/C33H42N4O4/c1-34-27-14-12-24(22-28(27)35(2)32(34)40)13-15-30(38)36-20-17-33(18-21-36)16-6-5-9-25-8-3-4-11-29(25)41-23-26-10-7-19-37(26)31(33)39/h3-4,8,11-12,14,22,26H,5-7,9-10,13,15-21,23H2,1-2H3/t26-/m0/s1. The molecule has 3 aromatic rings. The predicted octanol–water partition coefficient (Wildman–Crippen LogP) is 4.21. The van der Waals surface area contributed by atoms with E-state index in [-0.39, 0.29) is 29.0 Å². The lowest BCUT2D eigenvalue weighted by molar-refractivity contribution is -0.150. The highest BCUT2D eigenvalue weighted by Gasteiger charge is 2.46. The molecule has 2 fully saturated rings. The van der Waals surface area contributed by atoms with Crippen molar-refractivity contribution >= 4 is 22.8 Å². The van der Waals surface area contributed by atoms with E-state index in [0.29, 0.717) is 32.5 Å². The van der Waals surface area contributed by atoms with Gasteiger partial charge in [-0.3, -0.25) is 18.7 Å². The van der Waals surface area contributed by atoms with E-state index in [4.69, 9.17) is 4.74 Å². The number of aryl methyl sites for hydroxylation is 4. The Labute approximate surface area is 241 Å². The molecule has 8 heteroatoms. The van der Waals surface area contributed by atoms with Crippen LogP contribution in [0.4, 0.5) is 0 Å². The monoisotopic (exact) mass is 558 g/mol. The van der Waals surface area contributed by atoms with Gasteiger partial charge in [-0.1, -0.05) is 30.7 Å². The number of benzene rings is 2. The highest BCUT2D eigenvalue weighted by Crippen LogP contribution is 2.41. The van der Waals surface area contributed by atoms with Gasteiger partial charge in [0, 0.05) is 40.2 Å². The number of nitrogens with zero attached hydrogens (tertiary/aromatic N) is 4. The third kappa shape index (κ3) is 5.29. The quantitative estimate of drug-likeness (QED) is 0.483. The third-order valence-electron chi connectivity index (χ3n) is 9.88. The summed E-state index contributed by atoms with van der Waals surface area (Å²) < 4.78 is 9.58. The number of imidazole rings is 1. The first-order chi connectivity index (χ1) is 19.9. The molecule has 3 aliphatic heterocycles. The molecule has 218 valence electrons. The summed E-state index contributed by atoms with van der Waals surface area (Å²) in [4.78, 5) is 43.8. The first kappa shape index (κ1) is 27.6. The number of hydrogen-bond acceptors (Lipinski definition) is 4. The van der Waals surface area contributed by atoms with Crippen LogP contribution in [0, 0.1) is 5.41 Å². The first-order valence-corrected chi connectivity index (χ1v) is 15.3. The Morgan fingerprint density at radius 1 is 0.927 bits per heavy atom. The number of hydrogen-bond donors (Lipinski definition) is 0. The Morgan fingerprint density at radius 2 is 1.71 bits per heavy atom. The average Bonchev–Trinajstić information content (AvgIpc) is 3.55. The number of ether oxygens (including phenoxy) is 1. The minimum atomic E-state index is -0.388. The maximum Gasteiger partial charge on any atom is 0.328 e. The highest BCUT2D eigenvalue weighted by atomic mass is 16.5. The van der Waals surface area contributed by atoms with Crippen LogP contribution < -0.4 is 10.4 Å². The molecule has 0 aliphatic carbocycles. The van der Waals surface area contributed by atoms with E-state index in [9.17, 15) is 14.4 Å². The molecule has 41 heavy (non-hydrogen) atoms. The lowest BCUT2D eigenvalue weighted by atomic mass is 9.72. The molecule has 4 heterocycles. The van der Waals surface area contributed by atoms with Gasteiger partial charge in [0.05, 0.1) is 22.5 Å². The Kier molecular flexibility index (Phi) is 7.66. The van der Waals surface area contributed by atoms with Crippen molar-refractivity contribution in [2.75, 3.05) is 26.2 Å². The van der Waals surface area contributed by atoms with Gasteiger partial charge in [-0.25, -0.2) is 4.79 Å². The van der Waals surface area contributed by atoms with Gasteiger partial charge in [0.2, 0.25) is 11.8 Å². The third-order valence-corrected chi connectivity index (χ3v) is 9.88. The number of aromatic nitrogens is 2. The summed E-state index contributed by atoms with van der Waals surface area (Å²) in [6.45, 7) is 2.62. The zero-order chi connectivity index (χ0) is 28.6. The van der Waals surface area contributed by atoms with Crippen molar-refractivity contribution in [3.63, 3.8) is 0 Å². The molecule has 1 spiro atoms. The molecular formula is C33H42N4O4. The number of carbonyl (C=O) groups excluding carboxylic acids is 2. The molecule has 1 aromatic heterocycles. The molecule has 0 radical (unpaired) electrons. The van der Waals surface area contributed by atoms with Crippen molar-refractivity contribution < 1.29 is 14.3 Å². The van der Waals surface area contributed by atoms with Crippen molar-refractivity contribution in [2.45, 2.75) is 70.3 Å². The van der Waals surface area contributed by atoms with Crippen molar-refractivity contribution in [1.82, 2.24) is 18.9 Å². The summed E-state index contributed by atoms with van der Waals surface area (Å²) in [6.07, 6.45) is 8.40. The zero-order valence-corrected chi connectivity index (χ0v) is 24.4. The number of carbonyl (C=O) groups is 2. The van der Waals surface area contributed by atoms with E-state index in [1.54, 1.807) is 23.2 Å². The number of amides is 2. The molecule has 1 atom stereocenters. The van der Waals surface area contributed by atoms with Crippen LogP contribution in [0.5, 0.6) is 5.75 Å². The first-order valence-electron chi connectivity index (χ1n) is 15.3. The Bertz CT molecular complexity index is 1500. The van der Waals surface area contributed by atoms with Crippen molar-refractivity contribution in [3.05, 3.63) is 64.1 Å². The summed E-state index contributed by atoms with van der Waals surface area (Å²) in [6, 6.07) is 14.4. The molecule has 3 aliphatic rings. The second-order valence-electron chi connectivity index (χ2n) is 12.3. The van der Waals surface area contributed by atoms with E-state index in [1.807, 2.05) is 29.2 Å². The van der Waals surface area contributed by atoms with Crippen LogP contribution in [0.2, 0.25) is 0 Å². The number of piperidine rings is 1. The summed E-state index contributed by atoms with van der Waals surface area (Å²) in [5.74, 6) is 1.39. The molecule has 2 amide bonds. The fraction of sp³-hybridized carbons (Fsp3) is 0.545. The van der Waals surface area contributed by atoms with Crippen LogP contribution >= 0.6 is 0 Å². The van der Waals surface area contributed by atoms with Gasteiger partial charge in [0.1, 0.15) is 12.4 Å². The minimum Gasteiger partial charge on any atom is -0.491 e. The van der Waals surface area contributed by atoms with Gasteiger partial charge in [-0.15, -0.1) is 0 Å². The summed E-state index contributed by atoms with van der Waals surface area (Å²) in [7, 11) is 3.56. The smallest absolute Gasteiger partial charge is 0.328 e. The highest BCUT2D eigenvalue weighted by molar-refractivity contribution is 5.84. The zero-order valence-electron chi connectivity index (χ0n) is 24.4. The van der Waals surface area contributed by atoms with Crippen molar-refractivity contribution in [1.29, 1.82) is 0 Å². The second-order valence-corrected chi connectivity index (χ2v) is 12.3. The number of rotatable bonds is 3. The molecule has 2 saturated heterocycles. The number of likely N-dealkylation sites (tertiary alicyclic amines) is 1. The average molecular weight is 559 g/mol. The van der Waals surface area contributed by atoms with Crippen molar-refractivity contribution in [2.24, 2.45) is 19.5 Å². The maximum absolute atomic E-state index is 14.2. The number of para-hydroxylation sites is 1.